The Morgan fingerprint density at radius 1 is 0.895 bits per heavy atom. The van der Waals surface area contributed by atoms with Crippen LogP contribution in [-0.4, -0.2) is 64.9 Å². The van der Waals surface area contributed by atoms with Crippen molar-refractivity contribution in [2.45, 2.75) is 115 Å². The topological polar surface area (TPSA) is 171 Å². The average Bonchev–Trinajstić information content (AvgIpc) is 2.85. The molecule has 0 aromatic carbocycles. The molecule has 0 radical (unpaired) electrons. The predicted octanol–water partition coefficient (Wildman–Crippen LogP) is 3.54. The van der Waals surface area contributed by atoms with Crippen LogP contribution in [0, 0.1) is 11.8 Å². The third-order valence-electron chi connectivity index (χ3n) is 7.15. The first-order chi connectivity index (χ1) is 17.8. The zero-order valence-electron chi connectivity index (χ0n) is 22.0. The number of hydrogen-bond donors (Lipinski definition) is 6. The minimum atomic E-state index is -5.08. The molecular weight excluding hydrogens is 509 g/mol. The van der Waals surface area contributed by atoms with Gasteiger partial charge in [-0.2, -0.15) is 13.2 Å². The highest BCUT2D eigenvalue weighted by atomic mass is 19.4. The number of aliphatic carboxylic acids is 2. The van der Waals surface area contributed by atoms with E-state index in [1.54, 1.807) is 0 Å². The lowest BCUT2D eigenvalue weighted by atomic mass is 9.83. The number of nitrogens with two attached hydrogens (primary N) is 1. The van der Waals surface area contributed by atoms with Crippen molar-refractivity contribution in [3.05, 3.63) is 0 Å². The molecule has 0 bridgehead atoms. The molecular formula is C25H43F3N4O6. The van der Waals surface area contributed by atoms with Crippen LogP contribution in [0.1, 0.15) is 90.4 Å². The number of urea groups is 1. The normalized spacial score (nSPS) is 21.7. The summed E-state index contributed by atoms with van der Waals surface area (Å²) in [5, 5.41) is 25.0. The Morgan fingerprint density at radius 2 is 1.45 bits per heavy atom. The van der Waals surface area contributed by atoms with Gasteiger partial charge in [-0.1, -0.05) is 51.9 Å². The minimum absolute atomic E-state index is 0.142. The number of nitrogens with one attached hydrogen (secondary N) is 3. The van der Waals surface area contributed by atoms with Gasteiger partial charge in [0.15, 0.2) is 0 Å². The Bertz CT molecular complexity index is 762. The fraction of sp³-hybridized carbons (Fsp3) is 0.840. The van der Waals surface area contributed by atoms with Gasteiger partial charge in [-0.15, -0.1) is 0 Å². The van der Waals surface area contributed by atoms with E-state index in [1.807, 2.05) is 0 Å². The zero-order chi connectivity index (χ0) is 28.7. The van der Waals surface area contributed by atoms with E-state index in [0.717, 1.165) is 44.9 Å². The lowest BCUT2D eigenvalue weighted by molar-refractivity contribution is -0.192. The van der Waals surface area contributed by atoms with Crippen LogP contribution in [0.3, 0.4) is 0 Å². The van der Waals surface area contributed by atoms with E-state index in [1.165, 1.54) is 12.8 Å². The molecule has 2 fully saturated rings. The molecule has 0 spiro atoms. The van der Waals surface area contributed by atoms with Gasteiger partial charge in [-0.25, -0.2) is 14.4 Å². The molecule has 2 unspecified atom stereocenters. The van der Waals surface area contributed by atoms with Crippen LogP contribution in [0.5, 0.6) is 0 Å². The van der Waals surface area contributed by atoms with Crippen molar-refractivity contribution in [2.75, 3.05) is 6.54 Å². The summed E-state index contributed by atoms with van der Waals surface area (Å²) in [4.78, 5) is 46.1. The first-order valence-electron chi connectivity index (χ1n) is 13.5. The van der Waals surface area contributed by atoms with Crippen molar-refractivity contribution in [3.63, 3.8) is 0 Å². The van der Waals surface area contributed by atoms with E-state index in [0.29, 0.717) is 44.1 Å². The van der Waals surface area contributed by atoms with Gasteiger partial charge >= 0.3 is 24.1 Å². The van der Waals surface area contributed by atoms with Gasteiger partial charge in [0.2, 0.25) is 5.91 Å². The van der Waals surface area contributed by atoms with Gasteiger partial charge in [0, 0.05) is 6.04 Å². The maximum atomic E-state index is 13.1. The van der Waals surface area contributed by atoms with Crippen molar-refractivity contribution in [1.29, 1.82) is 0 Å². The van der Waals surface area contributed by atoms with Crippen LogP contribution in [0.4, 0.5) is 18.0 Å². The van der Waals surface area contributed by atoms with E-state index >= 15 is 0 Å². The monoisotopic (exact) mass is 552 g/mol. The molecule has 0 aliphatic heterocycles. The summed E-state index contributed by atoms with van der Waals surface area (Å²) < 4.78 is 31.7. The van der Waals surface area contributed by atoms with E-state index in [2.05, 4.69) is 22.9 Å². The Kier molecular flexibility index (Phi) is 15.1. The molecule has 0 saturated heterocycles. The van der Waals surface area contributed by atoms with Crippen LogP contribution in [0.2, 0.25) is 0 Å². The molecule has 2 rings (SSSR count). The summed E-state index contributed by atoms with van der Waals surface area (Å²) in [6.45, 7) is 2.65. The SMILES string of the molecule is CC1CCCCC1NC(=O)[C@@H](CC1CCCCC1)NC(=O)N[C@@H](CCCCN)C(=O)O.O=C(O)C(F)(F)F. The number of amides is 3. The van der Waals surface area contributed by atoms with Crippen LogP contribution < -0.4 is 21.7 Å². The number of carbonyl (C=O) groups excluding carboxylic acids is 2. The summed E-state index contributed by atoms with van der Waals surface area (Å²) in [7, 11) is 0. The number of carboxylic acids is 2. The van der Waals surface area contributed by atoms with Crippen LogP contribution >= 0.6 is 0 Å². The highest BCUT2D eigenvalue weighted by Gasteiger charge is 2.38. The summed E-state index contributed by atoms with van der Waals surface area (Å²) in [6.07, 6.45) is 7.24. The van der Waals surface area contributed by atoms with E-state index in [4.69, 9.17) is 15.6 Å². The maximum Gasteiger partial charge on any atom is 0.490 e. The lowest BCUT2D eigenvalue weighted by Gasteiger charge is -2.32. The molecule has 2 saturated carbocycles. The van der Waals surface area contributed by atoms with Crippen molar-refractivity contribution in [1.82, 2.24) is 16.0 Å². The smallest absolute Gasteiger partial charge is 0.480 e. The second kappa shape index (κ2) is 17.1. The van der Waals surface area contributed by atoms with Crippen LogP contribution in [0.25, 0.3) is 0 Å². The van der Waals surface area contributed by atoms with Crippen LogP contribution in [-0.2, 0) is 14.4 Å². The molecule has 38 heavy (non-hydrogen) atoms. The minimum Gasteiger partial charge on any atom is -0.480 e. The number of hydrogen-bond acceptors (Lipinski definition) is 5. The van der Waals surface area contributed by atoms with Crippen molar-refractivity contribution in [2.24, 2.45) is 17.6 Å². The van der Waals surface area contributed by atoms with Gasteiger partial charge in [-0.05, 0) is 56.9 Å². The van der Waals surface area contributed by atoms with Gasteiger partial charge < -0.3 is 31.9 Å². The van der Waals surface area contributed by atoms with E-state index in [-0.39, 0.29) is 11.9 Å². The average molecular weight is 553 g/mol. The molecule has 3 amide bonds. The third-order valence-corrected chi connectivity index (χ3v) is 7.15. The number of alkyl halides is 3. The summed E-state index contributed by atoms with van der Waals surface area (Å²) in [5.41, 5.74) is 5.48. The largest absolute Gasteiger partial charge is 0.490 e. The highest BCUT2D eigenvalue weighted by Crippen LogP contribution is 2.28. The second-order valence-electron chi connectivity index (χ2n) is 10.3. The van der Waals surface area contributed by atoms with Crippen molar-refractivity contribution in [3.8, 4) is 0 Å². The van der Waals surface area contributed by atoms with Gasteiger partial charge in [0.05, 0.1) is 0 Å². The number of halogens is 3. The third kappa shape index (κ3) is 13.3. The lowest BCUT2D eigenvalue weighted by Crippen LogP contribution is -2.56. The standard InChI is InChI=1S/C23H42N4O4.C2HF3O2/c1-16-9-5-6-12-18(16)25-21(28)20(15-17-10-3-2-4-11-17)27-23(31)26-19(22(29)30)13-7-8-14-24;3-2(4,5)1(6)7/h16-20H,2-15,24H2,1H3,(H,25,28)(H,29,30)(H2,26,27,31);(H,6,7)/t16?,18?,19-,20+;/m0./s1. The molecule has 2 aliphatic carbocycles. The fourth-order valence-corrected chi connectivity index (χ4v) is 4.91. The molecule has 220 valence electrons. The Labute approximate surface area is 221 Å². The molecule has 10 nitrogen and oxygen atoms in total. The maximum absolute atomic E-state index is 13.1. The first-order valence-corrected chi connectivity index (χ1v) is 13.5. The Balaban J connectivity index is 0.000000905. The summed E-state index contributed by atoms with van der Waals surface area (Å²) >= 11 is 0. The van der Waals surface area contributed by atoms with Crippen LogP contribution in [0.15, 0.2) is 0 Å². The number of rotatable bonds is 11. The molecule has 0 aromatic heterocycles. The van der Waals surface area contributed by atoms with E-state index < -0.39 is 36.2 Å². The van der Waals surface area contributed by atoms with Gasteiger partial charge in [-0.3, -0.25) is 4.79 Å². The molecule has 13 heteroatoms. The predicted molar refractivity (Wildman–Crippen MR) is 134 cm³/mol. The summed E-state index contributed by atoms with van der Waals surface area (Å²) in [5.74, 6) is -3.13. The molecule has 2 aliphatic rings. The molecule has 7 N–H and O–H groups in total. The van der Waals surface area contributed by atoms with Gasteiger partial charge in [0.25, 0.3) is 0 Å². The number of carboxylic acid groups (broad SMARTS) is 2. The quantitative estimate of drug-likeness (QED) is 0.213. The molecule has 4 atom stereocenters. The molecule has 0 aromatic rings. The first kappa shape index (κ1) is 33.5. The molecule has 0 heterocycles. The van der Waals surface area contributed by atoms with Crippen molar-refractivity contribution < 1.29 is 42.6 Å². The number of unbranched alkanes of at least 4 members (excludes halogenated alkanes) is 1. The number of carbonyl (C=O) groups is 4. The second-order valence-corrected chi connectivity index (χ2v) is 10.3. The zero-order valence-corrected chi connectivity index (χ0v) is 22.0. The fourth-order valence-electron chi connectivity index (χ4n) is 4.91. The van der Waals surface area contributed by atoms with Crippen molar-refractivity contribution >= 4 is 23.9 Å². The van der Waals surface area contributed by atoms with Gasteiger partial charge in [0.1, 0.15) is 12.1 Å². The Morgan fingerprint density at radius 3 is 1.97 bits per heavy atom. The Hall–Kier alpha value is -2.57. The highest BCUT2D eigenvalue weighted by molar-refractivity contribution is 5.89. The van der Waals surface area contributed by atoms with E-state index in [9.17, 15) is 32.7 Å². The summed E-state index contributed by atoms with van der Waals surface area (Å²) in [6, 6.07) is -2.07.